The zero-order valence-corrected chi connectivity index (χ0v) is 16.5. The number of imidazole rings is 1. The predicted molar refractivity (Wildman–Crippen MR) is 108 cm³/mol. The van der Waals surface area contributed by atoms with Gasteiger partial charge in [-0.15, -0.1) is 0 Å². The number of nitro benzene ring substituents is 1. The lowest BCUT2D eigenvalue weighted by atomic mass is 10.2. The van der Waals surface area contributed by atoms with Gasteiger partial charge in [-0.05, 0) is 25.0 Å². The van der Waals surface area contributed by atoms with Crippen LogP contribution in [-0.2, 0) is 21.8 Å². The van der Waals surface area contributed by atoms with Crippen LogP contribution in [0.4, 0.5) is 5.69 Å². The number of esters is 1. The summed E-state index contributed by atoms with van der Waals surface area (Å²) in [6, 6.07) is 14.4. The van der Waals surface area contributed by atoms with E-state index in [1.807, 2.05) is 44.2 Å². The van der Waals surface area contributed by atoms with E-state index in [9.17, 15) is 14.9 Å². The molecule has 8 heteroatoms. The highest BCUT2D eigenvalue weighted by Gasteiger charge is 2.18. The monoisotopic (exact) mass is 399 g/mol. The standard InChI is InChI=1S/C20H21N3O4S/c1-3-14(2)27-19(24)12-22-18-10-9-16(23(25)26)11-17(18)21-20(22)28-13-15-7-5-4-6-8-15/h4-11,14H,3,12-13H2,1-2H3. The average Bonchev–Trinajstić information content (AvgIpc) is 3.03. The van der Waals surface area contributed by atoms with Gasteiger partial charge in [-0.2, -0.15) is 0 Å². The fraction of sp³-hybridized carbons (Fsp3) is 0.300. The predicted octanol–water partition coefficient (Wildman–Crippen LogP) is 4.58. The number of aromatic nitrogens is 2. The molecule has 0 aliphatic rings. The second kappa shape index (κ2) is 8.88. The molecule has 0 saturated carbocycles. The Morgan fingerprint density at radius 1 is 1.29 bits per heavy atom. The first-order valence-electron chi connectivity index (χ1n) is 8.98. The molecule has 0 saturated heterocycles. The Hall–Kier alpha value is -2.87. The van der Waals surface area contributed by atoms with E-state index in [-0.39, 0.29) is 24.3 Å². The molecule has 7 nitrogen and oxygen atoms in total. The van der Waals surface area contributed by atoms with E-state index in [0.717, 1.165) is 12.0 Å². The zero-order valence-electron chi connectivity index (χ0n) is 15.7. The van der Waals surface area contributed by atoms with E-state index >= 15 is 0 Å². The molecule has 0 radical (unpaired) electrons. The molecule has 3 aromatic rings. The number of fused-ring (bicyclic) bond motifs is 1. The highest BCUT2D eigenvalue weighted by Crippen LogP contribution is 2.29. The number of non-ortho nitro benzene ring substituents is 1. The van der Waals surface area contributed by atoms with Crippen LogP contribution in [-0.4, -0.2) is 26.5 Å². The van der Waals surface area contributed by atoms with E-state index in [2.05, 4.69) is 4.98 Å². The van der Waals surface area contributed by atoms with Crippen molar-refractivity contribution in [2.24, 2.45) is 0 Å². The van der Waals surface area contributed by atoms with Gasteiger partial charge in [0.15, 0.2) is 5.16 Å². The number of nitrogens with zero attached hydrogens (tertiary/aromatic N) is 3. The number of nitro groups is 1. The highest BCUT2D eigenvalue weighted by molar-refractivity contribution is 7.98. The molecule has 1 aromatic heterocycles. The molecule has 1 heterocycles. The molecule has 0 aliphatic heterocycles. The van der Waals surface area contributed by atoms with Crippen LogP contribution in [0.5, 0.6) is 0 Å². The fourth-order valence-corrected chi connectivity index (χ4v) is 3.64. The van der Waals surface area contributed by atoms with Gasteiger partial charge < -0.3 is 9.30 Å². The number of carbonyl (C=O) groups excluding carboxylic acids is 1. The van der Waals surface area contributed by atoms with Crippen LogP contribution in [0.1, 0.15) is 25.8 Å². The van der Waals surface area contributed by atoms with Crippen LogP contribution in [0, 0.1) is 10.1 Å². The molecule has 0 fully saturated rings. The number of hydrogen-bond donors (Lipinski definition) is 0. The lowest BCUT2D eigenvalue weighted by molar-refractivity contribution is -0.384. The molecule has 28 heavy (non-hydrogen) atoms. The highest BCUT2D eigenvalue weighted by atomic mass is 32.2. The van der Waals surface area contributed by atoms with Gasteiger partial charge in [-0.25, -0.2) is 4.98 Å². The summed E-state index contributed by atoms with van der Waals surface area (Å²) in [5.74, 6) is 0.320. The smallest absolute Gasteiger partial charge is 0.326 e. The van der Waals surface area contributed by atoms with E-state index in [0.29, 0.717) is 21.9 Å². The molecule has 0 bridgehead atoms. The first-order valence-corrected chi connectivity index (χ1v) is 9.97. The maximum Gasteiger partial charge on any atom is 0.326 e. The van der Waals surface area contributed by atoms with Crippen molar-refractivity contribution in [2.45, 2.75) is 43.8 Å². The summed E-state index contributed by atoms with van der Waals surface area (Å²) in [4.78, 5) is 27.5. The lowest BCUT2D eigenvalue weighted by Crippen LogP contribution is -2.19. The topological polar surface area (TPSA) is 87.3 Å². The van der Waals surface area contributed by atoms with Crippen molar-refractivity contribution in [2.75, 3.05) is 0 Å². The molecule has 0 N–H and O–H groups in total. The minimum atomic E-state index is -0.452. The van der Waals surface area contributed by atoms with Crippen LogP contribution in [0.15, 0.2) is 53.7 Å². The second-order valence-corrected chi connectivity index (χ2v) is 7.34. The Bertz CT molecular complexity index is 988. The molecule has 0 amide bonds. The van der Waals surface area contributed by atoms with Crippen molar-refractivity contribution < 1.29 is 14.5 Å². The van der Waals surface area contributed by atoms with E-state index in [4.69, 9.17) is 4.74 Å². The third kappa shape index (κ3) is 4.69. The number of carbonyl (C=O) groups is 1. The summed E-state index contributed by atoms with van der Waals surface area (Å²) in [6.07, 6.45) is 0.571. The van der Waals surface area contributed by atoms with Gasteiger partial charge in [-0.1, -0.05) is 49.0 Å². The third-order valence-electron chi connectivity index (χ3n) is 4.31. The van der Waals surface area contributed by atoms with Crippen LogP contribution in [0.25, 0.3) is 11.0 Å². The van der Waals surface area contributed by atoms with Crippen molar-refractivity contribution in [1.82, 2.24) is 9.55 Å². The molecule has 0 aliphatic carbocycles. The van der Waals surface area contributed by atoms with Crippen molar-refractivity contribution in [3.63, 3.8) is 0 Å². The largest absolute Gasteiger partial charge is 0.461 e. The minimum Gasteiger partial charge on any atom is -0.461 e. The van der Waals surface area contributed by atoms with Crippen LogP contribution < -0.4 is 0 Å². The number of hydrogen-bond acceptors (Lipinski definition) is 6. The van der Waals surface area contributed by atoms with E-state index in [1.165, 1.54) is 23.9 Å². The lowest BCUT2D eigenvalue weighted by Gasteiger charge is -2.13. The number of rotatable bonds is 8. The molecular weight excluding hydrogens is 378 g/mol. The van der Waals surface area contributed by atoms with Gasteiger partial charge in [0, 0.05) is 17.9 Å². The van der Waals surface area contributed by atoms with Crippen LogP contribution >= 0.6 is 11.8 Å². The summed E-state index contributed by atoms with van der Waals surface area (Å²) in [5.41, 5.74) is 2.25. The van der Waals surface area contributed by atoms with Gasteiger partial charge in [0.25, 0.3) is 5.69 Å². The minimum absolute atomic E-state index is 0.00970. The Labute approximate surface area is 166 Å². The fourth-order valence-electron chi connectivity index (χ4n) is 2.67. The number of thioether (sulfide) groups is 1. The van der Waals surface area contributed by atoms with E-state index in [1.54, 1.807) is 10.6 Å². The second-order valence-electron chi connectivity index (χ2n) is 6.39. The molecule has 1 unspecified atom stereocenters. The molecule has 146 valence electrons. The normalized spacial score (nSPS) is 12.1. The van der Waals surface area contributed by atoms with Crippen LogP contribution in [0.3, 0.4) is 0 Å². The summed E-state index contributed by atoms with van der Waals surface area (Å²) in [5, 5.41) is 11.7. The number of benzene rings is 2. The quantitative estimate of drug-likeness (QED) is 0.238. The Balaban J connectivity index is 1.92. The Morgan fingerprint density at radius 2 is 2.04 bits per heavy atom. The van der Waals surface area contributed by atoms with Gasteiger partial charge >= 0.3 is 5.97 Å². The molecular formula is C20H21N3O4S. The van der Waals surface area contributed by atoms with Gasteiger partial charge in [0.05, 0.1) is 22.1 Å². The van der Waals surface area contributed by atoms with Gasteiger partial charge in [-0.3, -0.25) is 14.9 Å². The number of ether oxygens (including phenoxy) is 1. The average molecular weight is 399 g/mol. The SMILES string of the molecule is CCC(C)OC(=O)Cn1c(SCc2ccccc2)nc2cc([N+](=O)[O-])ccc21. The maximum atomic E-state index is 12.3. The first-order chi connectivity index (χ1) is 13.5. The molecule has 2 aromatic carbocycles. The molecule has 0 spiro atoms. The molecule has 3 rings (SSSR count). The maximum absolute atomic E-state index is 12.3. The summed E-state index contributed by atoms with van der Waals surface area (Å²) in [6.45, 7) is 3.80. The van der Waals surface area contributed by atoms with Crippen molar-refractivity contribution in [1.29, 1.82) is 0 Å². The van der Waals surface area contributed by atoms with Gasteiger partial charge in [0.1, 0.15) is 6.54 Å². The van der Waals surface area contributed by atoms with Crippen molar-refractivity contribution >= 4 is 34.5 Å². The first kappa shape index (κ1) is 19.9. The zero-order chi connectivity index (χ0) is 20.1. The van der Waals surface area contributed by atoms with Crippen molar-refractivity contribution in [3.05, 3.63) is 64.2 Å². The third-order valence-corrected chi connectivity index (χ3v) is 5.36. The summed E-state index contributed by atoms with van der Waals surface area (Å²) in [7, 11) is 0. The Kier molecular flexibility index (Phi) is 6.30. The molecule has 1 atom stereocenters. The summed E-state index contributed by atoms with van der Waals surface area (Å²) < 4.78 is 7.16. The van der Waals surface area contributed by atoms with Gasteiger partial charge in [0.2, 0.25) is 0 Å². The van der Waals surface area contributed by atoms with Crippen LogP contribution in [0.2, 0.25) is 0 Å². The van der Waals surface area contributed by atoms with Crippen molar-refractivity contribution in [3.8, 4) is 0 Å². The Morgan fingerprint density at radius 3 is 2.71 bits per heavy atom. The summed E-state index contributed by atoms with van der Waals surface area (Å²) >= 11 is 1.48. The van der Waals surface area contributed by atoms with E-state index < -0.39 is 4.92 Å².